The van der Waals surface area contributed by atoms with Crippen molar-refractivity contribution in [3.05, 3.63) is 45.4 Å². The maximum Gasteiger partial charge on any atom is 0.240 e. The van der Waals surface area contributed by atoms with Gasteiger partial charge in [-0.1, -0.05) is 29.3 Å². The van der Waals surface area contributed by atoms with E-state index >= 15 is 0 Å². The third-order valence-corrected chi connectivity index (χ3v) is 3.29. The molecule has 0 spiro atoms. The molecule has 0 radical (unpaired) electrons. The molecule has 2 rings (SSSR count). The number of nitrogen functional groups attached to an aromatic ring is 1. The molecular weight excluding hydrogens is 285 g/mol. The number of nitrogens with zero attached hydrogens (tertiary/aromatic N) is 1. The van der Waals surface area contributed by atoms with Crippen LogP contribution in [0.25, 0.3) is 0 Å². The highest BCUT2D eigenvalue weighted by molar-refractivity contribution is 6.36. The second-order valence-corrected chi connectivity index (χ2v) is 4.91. The molecule has 3 N–H and O–H groups in total. The van der Waals surface area contributed by atoms with Gasteiger partial charge in [0, 0.05) is 0 Å². The first kappa shape index (κ1) is 13.9. The van der Waals surface area contributed by atoms with Crippen molar-refractivity contribution in [2.45, 2.75) is 13.8 Å². The number of halogens is 2. The number of pyridine rings is 1. The minimum atomic E-state index is 0.252. The Morgan fingerprint density at radius 1 is 1.11 bits per heavy atom. The van der Waals surface area contributed by atoms with E-state index in [-0.39, 0.29) is 5.88 Å². The second kappa shape index (κ2) is 5.65. The number of benzene rings is 1. The molecule has 4 nitrogen and oxygen atoms in total. The zero-order valence-corrected chi connectivity index (χ0v) is 12.0. The molecule has 0 saturated heterocycles. The van der Waals surface area contributed by atoms with Gasteiger partial charge in [-0.25, -0.2) is 5.84 Å². The van der Waals surface area contributed by atoms with Crippen LogP contribution in [0.4, 0.5) is 5.82 Å². The molecule has 0 aliphatic heterocycles. The maximum atomic E-state index is 6.04. The van der Waals surface area contributed by atoms with Crippen molar-refractivity contribution in [3.8, 4) is 11.6 Å². The lowest BCUT2D eigenvalue weighted by molar-refractivity contribution is 0.463. The molecule has 2 aromatic rings. The molecule has 0 unspecified atom stereocenters. The summed E-state index contributed by atoms with van der Waals surface area (Å²) >= 11 is 11.9. The Hall–Kier alpha value is -1.49. The average Bonchev–Trinajstić information content (AvgIpc) is 2.37. The topological polar surface area (TPSA) is 60.2 Å². The Labute approximate surface area is 121 Å². The lowest BCUT2D eigenvalue weighted by Crippen LogP contribution is -2.09. The maximum absolute atomic E-state index is 6.04. The van der Waals surface area contributed by atoms with E-state index in [2.05, 4.69) is 10.4 Å². The fraction of sp³-hybridized carbons (Fsp3) is 0.154. The monoisotopic (exact) mass is 297 g/mol. The highest BCUT2D eigenvalue weighted by Crippen LogP contribution is 2.33. The molecule has 0 amide bonds. The number of nitrogens with one attached hydrogen (secondary N) is 1. The van der Waals surface area contributed by atoms with Crippen molar-refractivity contribution < 1.29 is 4.74 Å². The zero-order valence-electron chi connectivity index (χ0n) is 10.5. The van der Waals surface area contributed by atoms with Crippen LogP contribution in [-0.4, -0.2) is 4.98 Å². The van der Waals surface area contributed by atoms with Crippen LogP contribution >= 0.6 is 23.2 Å². The van der Waals surface area contributed by atoms with Gasteiger partial charge in [0.15, 0.2) is 5.82 Å². The van der Waals surface area contributed by atoms with E-state index in [4.69, 9.17) is 33.8 Å². The van der Waals surface area contributed by atoms with Crippen molar-refractivity contribution in [3.63, 3.8) is 0 Å². The molecule has 19 heavy (non-hydrogen) atoms. The van der Waals surface area contributed by atoms with Crippen LogP contribution in [0, 0.1) is 13.8 Å². The number of hydrazine groups is 1. The molecular formula is C13H13Cl2N3O. The first-order valence-corrected chi connectivity index (χ1v) is 6.34. The largest absolute Gasteiger partial charge is 0.437 e. The quantitative estimate of drug-likeness (QED) is 0.662. The SMILES string of the molecule is Cc1ccc(Oc2nc(NN)c(Cl)cc2Cl)cc1C. The Morgan fingerprint density at radius 3 is 2.47 bits per heavy atom. The highest BCUT2D eigenvalue weighted by Gasteiger charge is 2.11. The third kappa shape index (κ3) is 3.10. The number of aromatic nitrogens is 1. The van der Waals surface area contributed by atoms with Crippen molar-refractivity contribution in [2.24, 2.45) is 5.84 Å². The molecule has 0 aliphatic carbocycles. The summed E-state index contributed by atoms with van der Waals surface area (Å²) in [4.78, 5) is 4.12. The number of aryl methyl sites for hydroxylation is 2. The predicted molar refractivity (Wildman–Crippen MR) is 78.1 cm³/mol. The Balaban J connectivity index is 2.34. The fourth-order valence-electron chi connectivity index (χ4n) is 1.51. The lowest BCUT2D eigenvalue weighted by Gasteiger charge is -2.10. The van der Waals surface area contributed by atoms with E-state index in [0.717, 1.165) is 5.56 Å². The lowest BCUT2D eigenvalue weighted by atomic mass is 10.1. The number of anilines is 1. The van der Waals surface area contributed by atoms with Crippen LogP contribution in [-0.2, 0) is 0 Å². The van der Waals surface area contributed by atoms with E-state index in [1.807, 2.05) is 32.0 Å². The van der Waals surface area contributed by atoms with Gasteiger partial charge in [-0.2, -0.15) is 4.98 Å². The predicted octanol–water partition coefficient (Wildman–Crippen LogP) is 4.08. The van der Waals surface area contributed by atoms with Gasteiger partial charge >= 0.3 is 0 Å². The van der Waals surface area contributed by atoms with Crippen molar-refractivity contribution >= 4 is 29.0 Å². The normalized spacial score (nSPS) is 10.4. The van der Waals surface area contributed by atoms with Crippen LogP contribution in [0.2, 0.25) is 10.0 Å². The summed E-state index contributed by atoms with van der Waals surface area (Å²) < 4.78 is 5.65. The number of rotatable bonds is 3. The number of hydrogen-bond donors (Lipinski definition) is 2. The van der Waals surface area contributed by atoms with Crippen LogP contribution in [0.5, 0.6) is 11.6 Å². The van der Waals surface area contributed by atoms with Gasteiger partial charge in [-0.15, -0.1) is 0 Å². The molecule has 1 aromatic carbocycles. The van der Waals surface area contributed by atoms with Crippen LogP contribution in [0.15, 0.2) is 24.3 Å². The Morgan fingerprint density at radius 2 is 1.84 bits per heavy atom. The van der Waals surface area contributed by atoms with Gasteiger partial charge in [0.25, 0.3) is 0 Å². The Bertz CT molecular complexity index is 617. The minimum Gasteiger partial charge on any atom is -0.437 e. The van der Waals surface area contributed by atoms with Crippen molar-refractivity contribution in [1.82, 2.24) is 4.98 Å². The summed E-state index contributed by atoms with van der Waals surface area (Å²) in [6.07, 6.45) is 0. The smallest absolute Gasteiger partial charge is 0.240 e. The zero-order chi connectivity index (χ0) is 14.0. The second-order valence-electron chi connectivity index (χ2n) is 4.10. The molecule has 0 atom stereocenters. The summed E-state index contributed by atoms with van der Waals surface area (Å²) in [5.74, 6) is 6.53. The molecule has 6 heteroatoms. The van der Waals surface area contributed by atoms with E-state index in [0.29, 0.717) is 21.6 Å². The van der Waals surface area contributed by atoms with Crippen molar-refractivity contribution in [1.29, 1.82) is 0 Å². The number of nitrogens with two attached hydrogens (primary N) is 1. The van der Waals surface area contributed by atoms with Crippen LogP contribution in [0.1, 0.15) is 11.1 Å². The number of hydrogen-bond acceptors (Lipinski definition) is 4. The summed E-state index contributed by atoms with van der Waals surface area (Å²) in [6, 6.07) is 7.26. The van der Waals surface area contributed by atoms with Gasteiger partial charge in [0.05, 0.1) is 5.02 Å². The van der Waals surface area contributed by atoms with Gasteiger partial charge in [-0.3, -0.25) is 0 Å². The molecule has 1 aromatic heterocycles. The van der Waals surface area contributed by atoms with Crippen LogP contribution in [0.3, 0.4) is 0 Å². The summed E-state index contributed by atoms with van der Waals surface area (Å²) in [5, 5.41) is 0.655. The standard InChI is InChI=1S/C13H13Cl2N3O/c1-7-3-4-9(5-8(7)2)19-13-11(15)6-10(14)12(17-13)18-16/h3-6H,16H2,1-2H3,(H,17,18). The summed E-state index contributed by atoms with van der Waals surface area (Å²) in [7, 11) is 0. The fourth-order valence-corrected chi connectivity index (χ4v) is 1.96. The molecule has 1 heterocycles. The van der Waals surface area contributed by atoms with E-state index in [1.165, 1.54) is 11.6 Å². The first-order valence-electron chi connectivity index (χ1n) is 5.59. The average molecular weight is 298 g/mol. The highest BCUT2D eigenvalue weighted by atomic mass is 35.5. The van der Waals surface area contributed by atoms with Gasteiger partial charge in [0.2, 0.25) is 5.88 Å². The molecule has 100 valence electrons. The number of ether oxygens (including phenoxy) is 1. The van der Waals surface area contributed by atoms with Gasteiger partial charge in [0.1, 0.15) is 10.8 Å². The van der Waals surface area contributed by atoms with Crippen LogP contribution < -0.4 is 16.0 Å². The molecule has 0 aliphatic rings. The van der Waals surface area contributed by atoms with Gasteiger partial charge in [-0.05, 0) is 43.2 Å². The van der Waals surface area contributed by atoms with Gasteiger partial charge < -0.3 is 10.2 Å². The van der Waals surface area contributed by atoms with E-state index < -0.39 is 0 Å². The van der Waals surface area contributed by atoms with E-state index in [1.54, 1.807) is 0 Å². The minimum absolute atomic E-state index is 0.252. The first-order chi connectivity index (χ1) is 9.01. The Kier molecular flexibility index (Phi) is 4.14. The summed E-state index contributed by atoms with van der Waals surface area (Å²) in [5.41, 5.74) is 4.70. The molecule has 0 fully saturated rings. The molecule has 0 bridgehead atoms. The van der Waals surface area contributed by atoms with E-state index in [9.17, 15) is 0 Å². The third-order valence-electron chi connectivity index (χ3n) is 2.73. The van der Waals surface area contributed by atoms with Crippen molar-refractivity contribution in [2.75, 3.05) is 5.43 Å². The molecule has 0 saturated carbocycles. The summed E-state index contributed by atoms with van der Waals surface area (Å²) in [6.45, 7) is 4.04.